The molecule has 276 valence electrons. The lowest BCUT2D eigenvalue weighted by atomic mass is 10.1. The average molecular weight is 825 g/mol. The second kappa shape index (κ2) is 13.0. The Labute approximate surface area is 353 Å². The van der Waals surface area contributed by atoms with Gasteiger partial charge in [0.1, 0.15) is 0 Å². The lowest BCUT2D eigenvalue weighted by Gasteiger charge is -2.24. The molecule has 8 aromatic carbocycles. The van der Waals surface area contributed by atoms with Crippen molar-refractivity contribution in [1.82, 2.24) is 15.0 Å². The van der Waals surface area contributed by atoms with E-state index in [2.05, 4.69) is 175 Å². The van der Waals surface area contributed by atoms with Crippen LogP contribution >= 0.6 is 45.3 Å². The molecular weight excluding hydrogens is 797 g/mol. The van der Waals surface area contributed by atoms with Crippen LogP contribution in [0.25, 0.3) is 103 Å². The average Bonchev–Trinajstić information content (AvgIpc) is 4.06. The molecule has 0 spiro atoms. The standard InChI is InChI=1S/C51H28N4S4/c1-8-19-44-32(10-1)36-14-9-15-37(48(36)59-44)50-52-49(29-20-23-45-38(26-29)33-11-2-5-16-41(33)56-45)53-51(54-50)55(30-21-24-46-39(27-30)34-12-3-6-17-42(34)57-46)31-22-25-47-40(28-31)35-13-4-7-18-43(35)58-47/h1-28H. The van der Waals surface area contributed by atoms with E-state index in [0.717, 1.165) is 22.5 Å². The largest absolute Gasteiger partial charge is 0.279 e. The number of hydrogen-bond donors (Lipinski definition) is 0. The maximum atomic E-state index is 5.48. The number of hydrogen-bond acceptors (Lipinski definition) is 8. The van der Waals surface area contributed by atoms with E-state index in [9.17, 15) is 0 Å². The summed E-state index contributed by atoms with van der Waals surface area (Å²) in [6.45, 7) is 0. The summed E-state index contributed by atoms with van der Waals surface area (Å²) in [7, 11) is 0. The monoisotopic (exact) mass is 824 g/mol. The Hall–Kier alpha value is -6.55. The van der Waals surface area contributed by atoms with Crippen LogP contribution in [0.3, 0.4) is 0 Å². The van der Waals surface area contributed by atoms with Crippen LogP contribution in [0, 0.1) is 0 Å². The van der Waals surface area contributed by atoms with Crippen molar-refractivity contribution >= 4 is 143 Å². The van der Waals surface area contributed by atoms with E-state index in [1.165, 1.54) is 80.7 Å². The molecule has 0 N–H and O–H groups in total. The quantitative estimate of drug-likeness (QED) is 0.173. The molecule has 8 heteroatoms. The second-order valence-corrected chi connectivity index (χ2v) is 19.1. The number of benzene rings is 8. The van der Waals surface area contributed by atoms with Gasteiger partial charge in [-0.25, -0.2) is 4.98 Å². The number of rotatable bonds is 5. The fourth-order valence-corrected chi connectivity index (χ4v) is 13.1. The van der Waals surface area contributed by atoms with Crippen LogP contribution in [0.4, 0.5) is 17.3 Å². The third kappa shape index (κ3) is 5.27. The van der Waals surface area contributed by atoms with E-state index in [4.69, 9.17) is 15.0 Å². The van der Waals surface area contributed by atoms with E-state index >= 15 is 0 Å². The first-order chi connectivity index (χ1) is 29.2. The minimum atomic E-state index is 0.566. The maximum Gasteiger partial charge on any atom is 0.238 e. The highest BCUT2D eigenvalue weighted by Crippen LogP contribution is 2.45. The third-order valence-electron chi connectivity index (χ3n) is 11.3. The van der Waals surface area contributed by atoms with Crippen molar-refractivity contribution in [3.05, 3.63) is 170 Å². The highest BCUT2D eigenvalue weighted by Gasteiger charge is 2.23. The first kappa shape index (κ1) is 33.4. The van der Waals surface area contributed by atoms with Gasteiger partial charge in [0.2, 0.25) is 5.95 Å². The molecular formula is C51H28N4S4. The number of anilines is 3. The smallest absolute Gasteiger partial charge is 0.238 e. The Bertz CT molecular complexity index is 3720. The van der Waals surface area contributed by atoms with Crippen LogP contribution in [0.15, 0.2) is 170 Å². The van der Waals surface area contributed by atoms with E-state index in [0.29, 0.717) is 17.6 Å². The lowest BCUT2D eigenvalue weighted by molar-refractivity contribution is 1.03. The highest BCUT2D eigenvalue weighted by atomic mass is 32.1. The zero-order valence-electron chi connectivity index (χ0n) is 31.1. The van der Waals surface area contributed by atoms with Crippen LogP contribution in [0.1, 0.15) is 0 Å². The minimum absolute atomic E-state index is 0.566. The Morgan fingerprint density at radius 1 is 0.322 bits per heavy atom. The molecule has 0 fully saturated rings. The van der Waals surface area contributed by atoms with Gasteiger partial charge in [-0.15, -0.1) is 45.3 Å². The Morgan fingerprint density at radius 2 is 0.763 bits per heavy atom. The zero-order chi connectivity index (χ0) is 38.6. The van der Waals surface area contributed by atoms with Gasteiger partial charge in [-0.1, -0.05) is 84.9 Å². The summed E-state index contributed by atoms with van der Waals surface area (Å²) in [6, 6.07) is 61.3. The van der Waals surface area contributed by atoms with Crippen LogP contribution < -0.4 is 4.90 Å². The number of nitrogens with zero attached hydrogens (tertiary/aromatic N) is 4. The van der Waals surface area contributed by atoms with Crippen molar-refractivity contribution in [3.63, 3.8) is 0 Å². The normalized spacial score (nSPS) is 12.1. The molecule has 0 aliphatic rings. The first-order valence-electron chi connectivity index (χ1n) is 19.4. The summed E-state index contributed by atoms with van der Waals surface area (Å²) >= 11 is 7.26. The molecule has 0 saturated heterocycles. The topological polar surface area (TPSA) is 41.9 Å². The number of thiophene rings is 4. The van der Waals surface area contributed by atoms with E-state index in [1.54, 1.807) is 11.3 Å². The predicted molar refractivity (Wildman–Crippen MR) is 257 cm³/mol. The second-order valence-electron chi connectivity index (χ2n) is 14.8. The number of fused-ring (bicyclic) bond motifs is 12. The van der Waals surface area contributed by atoms with Crippen LogP contribution in [0.2, 0.25) is 0 Å². The molecule has 13 aromatic rings. The molecule has 59 heavy (non-hydrogen) atoms. The van der Waals surface area contributed by atoms with Crippen molar-refractivity contribution in [3.8, 4) is 22.8 Å². The Balaban J connectivity index is 1.10. The first-order valence-corrected chi connectivity index (χ1v) is 22.7. The fraction of sp³-hybridized carbons (Fsp3) is 0. The van der Waals surface area contributed by atoms with Gasteiger partial charge < -0.3 is 0 Å². The Morgan fingerprint density at radius 3 is 1.34 bits per heavy atom. The van der Waals surface area contributed by atoms with Crippen molar-refractivity contribution in [2.75, 3.05) is 4.90 Å². The van der Waals surface area contributed by atoms with Gasteiger partial charge in [0.05, 0.1) is 0 Å². The molecule has 5 aromatic heterocycles. The molecule has 0 bridgehead atoms. The fourth-order valence-electron chi connectivity index (χ4n) is 8.59. The molecule has 4 nitrogen and oxygen atoms in total. The summed E-state index contributed by atoms with van der Waals surface area (Å²) in [5.74, 6) is 1.84. The maximum absolute atomic E-state index is 5.48. The van der Waals surface area contributed by atoms with Gasteiger partial charge in [-0.05, 0) is 84.9 Å². The van der Waals surface area contributed by atoms with Crippen molar-refractivity contribution in [2.45, 2.75) is 0 Å². The van der Waals surface area contributed by atoms with E-state index in [-0.39, 0.29) is 0 Å². The van der Waals surface area contributed by atoms with Gasteiger partial charge in [0.25, 0.3) is 0 Å². The summed E-state index contributed by atoms with van der Waals surface area (Å²) in [5.41, 5.74) is 3.92. The minimum Gasteiger partial charge on any atom is -0.279 e. The Kier molecular flexibility index (Phi) is 7.35. The zero-order valence-corrected chi connectivity index (χ0v) is 34.4. The molecule has 0 aliphatic carbocycles. The summed E-state index contributed by atoms with van der Waals surface area (Å²) in [6.07, 6.45) is 0. The van der Waals surface area contributed by atoms with Crippen LogP contribution in [0.5, 0.6) is 0 Å². The molecule has 0 saturated carbocycles. The SMILES string of the molecule is c1ccc2c(c1)sc1ccc(-c3nc(-c4cccc5c4sc4ccccc45)nc(N(c4ccc5sc6ccccc6c5c4)c4ccc5sc6ccccc6c5c4)n3)cc12. The van der Waals surface area contributed by atoms with Gasteiger partial charge in [0, 0.05) is 103 Å². The van der Waals surface area contributed by atoms with Gasteiger partial charge >= 0.3 is 0 Å². The molecule has 0 unspecified atom stereocenters. The number of aromatic nitrogens is 3. The van der Waals surface area contributed by atoms with Gasteiger partial charge in [-0.3, -0.25) is 4.90 Å². The molecule has 0 amide bonds. The molecule has 0 radical (unpaired) electrons. The highest BCUT2D eigenvalue weighted by molar-refractivity contribution is 7.27. The molecule has 0 aliphatic heterocycles. The summed E-state index contributed by atoms with van der Waals surface area (Å²) in [4.78, 5) is 18.5. The van der Waals surface area contributed by atoms with Crippen molar-refractivity contribution in [1.29, 1.82) is 0 Å². The van der Waals surface area contributed by atoms with E-state index in [1.807, 2.05) is 34.0 Å². The van der Waals surface area contributed by atoms with Gasteiger partial charge in [0.15, 0.2) is 11.6 Å². The molecule has 13 rings (SSSR count). The third-order valence-corrected chi connectivity index (χ3v) is 16.0. The van der Waals surface area contributed by atoms with Crippen LogP contribution in [-0.4, -0.2) is 15.0 Å². The molecule has 0 atom stereocenters. The summed E-state index contributed by atoms with van der Waals surface area (Å²) in [5, 5.41) is 9.83. The summed E-state index contributed by atoms with van der Waals surface area (Å²) < 4.78 is 9.97. The molecule has 5 heterocycles. The van der Waals surface area contributed by atoms with Crippen molar-refractivity contribution in [2.24, 2.45) is 0 Å². The van der Waals surface area contributed by atoms with Crippen LogP contribution in [-0.2, 0) is 0 Å². The van der Waals surface area contributed by atoms with Gasteiger partial charge in [-0.2, -0.15) is 9.97 Å². The lowest BCUT2D eigenvalue weighted by Crippen LogP contribution is -2.15. The van der Waals surface area contributed by atoms with Crippen molar-refractivity contribution < 1.29 is 0 Å². The predicted octanol–water partition coefficient (Wildman–Crippen LogP) is 16.1. The van der Waals surface area contributed by atoms with E-state index < -0.39 is 0 Å².